The number of nitrogens with zero attached hydrogens (tertiary/aromatic N) is 2. The van der Waals surface area contributed by atoms with E-state index < -0.39 is 0 Å². The van der Waals surface area contributed by atoms with Gasteiger partial charge >= 0.3 is 0 Å². The first-order chi connectivity index (χ1) is 10.6. The summed E-state index contributed by atoms with van der Waals surface area (Å²) in [5, 5.41) is 0. The number of amides is 1. The summed E-state index contributed by atoms with van der Waals surface area (Å²) in [5.74, 6) is 0.160. The number of carbonyl (C=O) groups excluding carboxylic acids is 1. The van der Waals surface area contributed by atoms with Gasteiger partial charge in [-0.2, -0.15) is 0 Å². The lowest BCUT2D eigenvalue weighted by Gasteiger charge is -2.34. The summed E-state index contributed by atoms with van der Waals surface area (Å²) in [6.07, 6.45) is 7.85. The molecule has 3 nitrogen and oxygen atoms in total. The molecular weight excluding hydrogens is 272 g/mol. The molecule has 1 aliphatic carbocycles. The second-order valence-corrected chi connectivity index (χ2v) is 6.36. The van der Waals surface area contributed by atoms with Crippen LogP contribution in [0.1, 0.15) is 30.9 Å². The third kappa shape index (κ3) is 4.44. The first-order valence-corrected chi connectivity index (χ1v) is 8.30. The number of benzene rings is 1. The molecule has 1 atom stereocenters. The van der Waals surface area contributed by atoms with Gasteiger partial charge in [0.2, 0.25) is 5.91 Å². The zero-order valence-corrected chi connectivity index (χ0v) is 14.1. The number of rotatable bonds is 6. The van der Waals surface area contributed by atoms with Crippen molar-refractivity contribution < 1.29 is 4.79 Å². The van der Waals surface area contributed by atoms with E-state index in [0.717, 1.165) is 38.8 Å². The van der Waals surface area contributed by atoms with Crippen LogP contribution in [0.25, 0.3) is 0 Å². The predicted octanol–water partition coefficient (Wildman–Crippen LogP) is 2.90. The highest BCUT2D eigenvalue weighted by Crippen LogP contribution is 2.24. The smallest absolute Gasteiger partial charge is 0.246 e. The van der Waals surface area contributed by atoms with Gasteiger partial charge < -0.3 is 9.80 Å². The molecule has 0 aliphatic heterocycles. The van der Waals surface area contributed by atoms with Gasteiger partial charge in [0.15, 0.2) is 0 Å². The van der Waals surface area contributed by atoms with E-state index in [1.165, 1.54) is 11.1 Å². The van der Waals surface area contributed by atoms with Crippen molar-refractivity contribution in [3.05, 3.63) is 47.5 Å². The maximum atomic E-state index is 12.5. The number of aryl methyl sites for hydroxylation is 1. The van der Waals surface area contributed by atoms with Crippen molar-refractivity contribution in [2.45, 2.75) is 38.6 Å². The Hall–Kier alpha value is -1.61. The number of hydrogen-bond donors (Lipinski definition) is 0. The number of carbonyl (C=O) groups is 1. The summed E-state index contributed by atoms with van der Waals surface area (Å²) < 4.78 is 0. The Morgan fingerprint density at radius 1 is 1.27 bits per heavy atom. The first-order valence-electron chi connectivity index (χ1n) is 8.30. The van der Waals surface area contributed by atoms with Crippen LogP contribution < -0.4 is 0 Å². The molecule has 1 unspecified atom stereocenters. The largest absolute Gasteiger partial charge is 0.336 e. The second-order valence-electron chi connectivity index (χ2n) is 6.36. The van der Waals surface area contributed by atoms with Gasteiger partial charge in [-0.25, -0.2) is 0 Å². The highest BCUT2D eigenvalue weighted by atomic mass is 16.2. The lowest BCUT2D eigenvalue weighted by atomic mass is 9.87. The Labute approximate surface area is 134 Å². The van der Waals surface area contributed by atoms with Gasteiger partial charge in [-0.3, -0.25) is 4.79 Å². The Bertz CT molecular complexity index is 522. The molecule has 3 heteroatoms. The molecule has 1 aromatic carbocycles. The van der Waals surface area contributed by atoms with Crippen molar-refractivity contribution in [1.82, 2.24) is 9.80 Å². The average Bonchev–Trinajstić information content (AvgIpc) is 2.51. The minimum Gasteiger partial charge on any atom is -0.336 e. The van der Waals surface area contributed by atoms with E-state index in [0.29, 0.717) is 6.04 Å². The van der Waals surface area contributed by atoms with Crippen LogP contribution in [-0.2, 0) is 17.6 Å². The van der Waals surface area contributed by atoms with Crippen molar-refractivity contribution in [2.75, 3.05) is 27.2 Å². The minimum atomic E-state index is 0.160. The Morgan fingerprint density at radius 2 is 2.00 bits per heavy atom. The third-order valence-corrected chi connectivity index (χ3v) is 4.24. The van der Waals surface area contributed by atoms with Crippen molar-refractivity contribution in [3.63, 3.8) is 0 Å². The number of likely N-dealkylation sites (N-methyl/N-ethyl adjacent to an activating group) is 1. The number of hydrogen-bond acceptors (Lipinski definition) is 2. The summed E-state index contributed by atoms with van der Waals surface area (Å²) in [7, 11) is 4.02. The van der Waals surface area contributed by atoms with Crippen LogP contribution in [0.2, 0.25) is 0 Å². The first kappa shape index (κ1) is 16.8. The van der Waals surface area contributed by atoms with Crippen LogP contribution >= 0.6 is 0 Å². The van der Waals surface area contributed by atoms with Gasteiger partial charge in [-0.05, 0) is 50.9 Å². The molecule has 0 spiro atoms. The SMILES string of the molecule is CCCN(C(=O)/C=C/CN(C)C)C1CCc2ccccc2C1. The standard InChI is InChI=1S/C19H28N2O/c1-4-13-21(19(22)10-7-14-20(2)3)18-12-11-16-8-5-6-9-17(16)15-18/h5-10,18H,4,11-15H2,1-3H3/b10-7+. The highest BCUT2D eigenvalue weighted by Gasteiger charge is 2.25. The molecule has 0 fully saturated rings. The summed E-state index contributed by atoms with van der Waals surface area (Å²) >= 11 is 0. The molecule has 0 heterocycles. The molecular formula is C19H28N2O. The van der Waals surface area contributed by atoms with E-state index in [9.17, 15) is 4.79 Å². The van der Waals surface area contributed by atoms with Gasteiger partial charge in [-0.1, -0.05) is 37.3 Å². The molecule has 1 aromatic rings. The summed E-state index contributed by atoms with van der Waals surface area (Å²) in [6, 6.07) is 8.97. The van der Waals surface area contributed by atoms with Gasteiger partial charge in [-0.15, -0.1) is 0 Å². The van der Waals surface area contributed by atoms with Crippen LogP contribution in [0.4, 0.5) is 0 Å². The zero-order valence-electron chi connectivity index (χ0n) is 14.1. The van der Waals surface area contributed by atoms with Crippen LogP contribution in [0, 0.1) is 0 Å². The Morgan fingerprint density at radius 3 is 2.68 bits per heavy atom. The van der Waals surface area contributed by atoms with Gasteiger partial charge in [0.05, 0.1) is 0 Å². The Balaban J connectivity index is 2.05. The van der Waals surface area contributed by atoms with Crippen LogP contribution in [-0.4, -0.2) is 48.9 Å². The molecule has 0 aromatic heterocycles. The van der Waals surface area contributed by atoms with Crippen molar-refractivity contribution in [1.29, 1.82) is 0 Å². The van der Waals surface area contributed by atoms with Gasteiger partial charge in [0.25, 0.3) is 0 Å². The summed E-state index contributed by atoms with van der Waals surface area (Å²) in [4.78, 5) is 16.7. The molecule has 0 saturated carbocycles. The molecule has 0 saturated heterocycles. The molecule has 0 N–H and O–H groups in total. The van der Waals surface area contributed by atoms with Gasteiger partial charge in [0, 0.05) is 25.2 Å². The monoisotopic (exact) mass is 300 g/mol. The van der Waals surface area contributed by atoms with Crippen LogP contribution in [0.3, 0.4) is 0 Å². The van der Waals surface area contributed by atoms with Crippen LogP contribution in [0.15, 0.2) is 36.4 Å². The highest BCUT2D eigenvalue weighted by molar-refractivity contribution is 5.87. The number of fused-ring (bicyclic) bond motifs is 1. The maximum absolute atomic E-state index is 12.5. The lowest BCUT2D eigenvalue weighted by Crippen LogP contribution is -2.43. The van der Waals surface area contributed by atoms with Crippen molar-refractivity contribution >= 4 is 5.91 Å². The lowest BCUT2D eigenvalue weighted by molar-refractivity contribution is -0.128. The second kappa shape index (κ2) is 8.14. The minimum absolute atomic E-state index is 0.160. The molecule has 120 valence electrons. The van der Waals surface area contributed by atoms with E-state index in [1.54, 1.807) is 6.08 Å². The Kier molecular flexibility index (Phi) is 6.20. The molecule has 22 heavy (non-hydrogen) atoms. The van der Waals surface area contributed by atoms with E-state index in [4.69, 9.17) is 0 Å². The molecule has 1 aliphatic rings. The molecule has 1 amide bonds. The zero-order chi connectivity index (χ0) is 15.9. The fourth-order valence-corrected chi connectivity index (χ4v) is 3.12. The van der Waals surface area contributed by atoms with Crippen molar-refractivity contribution in [2.24, 2.45) is 0 Å². The van der Waals surface area contributed by atoms with E-state index in [2.05, 4.69) is 41.0 Å². The third-order valence-electron chi connectivity index (χ3n) is 4.24. The fourth-order valence-electron chi connectivity index (χ4n) is 3.12. The predicted molar refractivity (Wildman–Crippen MR) is 92.0 cm³/mol. The maximum Gasteiger partial charge on any atom is 0.246 e. The quantitative estimate of drug-likeness (QED) is 0.754. The van der Waals surface area contributed by atoms with Gasteiger partial charge in [0.1, 0.15) is 0 Å². The average molecular weight is 300 g/mol. The summed E-state index contributed by atoms with van der Waals surface area (Å²) in [6.45, 7) is 3.79. The fraction of sp³-hybridized carbons (Fsp3) is 0.526. The van der Waals surface area contributed by atoms with E-state index >= 15 is 0 Å². The van der Waals surface area contributed by atoms with E-state index in [-0.39, 0.29) is 5.91 Å². The molecule has 2 rings (SSSR count). The topological polar surface area (TPSA) is 23.6 Å². The van der Waals surface area contributed by atoms with Crippen LogP contribution in [0.5, 0.6) is 0 Å². The van der Waals surface area contributed by atoms with Crippen molar-refractivity contribution in [3.8, 4) is 0 Å². The molecule has 0 bridgehead atoms. The molecule has 0 radical (unpaired) electrons. The van der Waals surface area contributed by atoms with E-state index in [1.807, 2.05) is 20.2 Å². The normalized spacial score (nSPS) is 17.7. The summed E-state index contributed by atoms with van der Waals surface area (Å²) in [5.41, 5.74) is 2.86.